The second kappa shape index (κ2) is 12.0. The maximum absolute atomic E-state index is 13.6. The van der Waals surface area contributed by atoms with E-state index in [-0.39, 0.29) is 23.9 Å². The molecular formula is C31H42N8O2. The molecule has 1 aliphatic heterocycles. The number of rotatable bonds is 8. The maximum atomic E-state index is 13.6. The molecule has 1 fully saturated rings. The summed E-state index contributed by atoms with van der Waals surface area (Å²) in [5, 5.41) is 11.4. The van der Waals surface area contributed by atoms with Crippen molar-refractivity contribution in [1.29, 1.82) is 0 Å². The Bertz CT molecular complexity index is 1420. The third-order valence-corrected chi connectivity index (χ3v) is 8.60. The van der Waals surface area contributed by atoms with E-state index in [2.05, 4.69) is 46.7 Å². The summed E-state index contributed by atoms with van der Waals surface area (Å²) in [7, 11) is 5.74. The van der Waals surface area contributed by atoms with Crippen molar-refractivity contribution in [3.05, 3.63) is 52.3 Å². The lowest BCUT2D eigenvalue weighted by Crippen LogP contribution is -2.49. The van der Waals surface area contributed by atoms with Gasteiger partial charge in [0.25, 0.3) is 5.91 Å². The molecule has 1 unspecified atom stereocenters. The maximum Gasteiger partial charge on any atom is 0.276 e. The molecule has 41 heavy (non-hydrogen) atoms. The van der Waals surface area contributed by atoms with Crippen molar-refractivity contribution in [2.45, 2.75) is 71.4 Å². The number of para-hydroxylation sites is 1. The standard InChI is InChI=1S/C31H42N8O2/c1-7-20-10-9-11-21(8-2)25(20)34-29(40)27-24-13-12-22-18-32-31(35-26(22)28(24)38(6)36-27)33-23-14-16-39(17-15-23)30(41)19(3)37(4)5/h9-11,18-19,23H,7-8,12-17H2,1-6H3,(H,34,40)(H,32,33,35). The first kappa shape index (κ1) is 28.7. The predicted octanol–water partition coefficient (Wildman–Crippen LogP) is 3.71. The van der Waals surface area contributed by atoms with Crippen molar-refractivity contribution in [2.75, 3.05) is 37.8 Å². The van der Waals surface area contributed by atoms with Gasteiger partial charge in [0, 0.05) is 43.6 Å². The summed E-state index contributed by atoms with van der Waals surface area (Å²) in [6, 6.07) is 6.24. The molecule has 3 heterocycles. The number of carbonyl (C=O) groups is 2. The molecule has 1 atom stereocenters. The molecule has 2 aromatic heterocycles. The van der Waals surface area contributed by atoms with Gasteiger partial charge in [0.1, 0.15) is 0 Å². The van der Waals surface area contributed by atoms with Gasteiger partial charge in [0.2, 0.25) is 11.9 Å². The number of likely N-dealkylation sites (tertiary alicyclic amines) is 1. The van der Waals surface area contributed by atoms with Crippen LogP contribution in [0, 0.1) is 0 Å². The number of benzene rings is 1. The van der Waals surface area contributed by atoms with E-state index in [4.69, 9.17) is 4.98 Å². The molecule has 0 bridgehead atoms. The zero-order chi connectivity index (χ0) is 29.3. The van der Waals surface area contributed by atoms with Gasteiger partial charge in [-0.25, -0.2) is 9.97 Å². The summed E-state index contributed by atoms with van der Waals surface area (Å²) < 4.78 is 1.78. The lowest BCUT2D eigenvalue weighted by Gasteiger charge is -2.35. The van der Waals surface area contributed by atoms with Crippen LogP contribution in [0.15, 0.2) is 24.4 Å². The van der Waals surface area contributed by atoms with Crippen molar-refractivity contribution in [3.63, 3.8) is 0 Å². The molecule has 0 spiro atoms. The van der Waals surface area contributed by atoms with Crippen LogP contribution in [0.4, 0.5) is 11.6 Å². The van der Waals surface area contributed by atoms with Gasteiger partial charge < -0.3 is 15.5 Å². The van der Waals surface area contributed by atoms with Gasteiger partial charge in [-0.15, -0.1) is 0 Å². The quantitative estimate of drug-likeness (QED) is 0.434. The van der Waals surface area contributed by atoms with Gasteiger partial charge in [0.15, 0.2) is 5.69 Å². The van der Waals surface area contributed by atoms with Crippen LogP contribution in [0.5, 0.6) is 0 Å². The van der Waals surface area contributed by atoms with Gasteiger partial charge in [-0.2, -0.15) is 5.10 Å². The lowest BCUT2D eigenvalue weighted by molar-refractivity contribution is -0.136. The van der Waals surface area contributed by atoms with Crippen molar-refractivity contribution in [1.82, 2.24) is 29.5 Å². The Kier molecular flexibility index (Phi) is 8.40. The lowest BCUT2D eigenvalue weighted by atomic mass is 9.93. The number of hydrogen-bond acceptors (Lipinski definition) is 7. The topological polar surface area (TPSA) is 108 Å². The van der Waals surface area contributed by atoms with Crippen LogP contribution in [-0.4, -0.2) is 80.6 Å². The summed E-state index contributed by atoms with van der Waals surface area (Å²) in [6.45, 7) is 7.57. The predicted molar refractivity (Wildman–Crippen MR) is 161 cm³/mol. The molecule has 0 saturated carbocycles. The third kappa shape index (κ3) is 5.70. The average Bonchev–Trinajstić information content (AvgIpc) is 3.33. The Balaban J connectivity index is 1.33. The molecular weight excluding hydrogens is 516 g/mol. The molecule has 5 rings (SSSR count). The number of carbonyl (C=O) groups excluding carboxylic acids is 2. The van der Waals surface area contributed by atoms with Crippen molar-refractivity contribution >= 4 is 23.5 Å². The second-order valence-electron chi connectivity index (χ2n) is 11.4. The number of amides is 2. The SMILES string of the molecule is CCc1cccc(CC)c1NC(=O)c1nn(C)c2c1CCc1cnc(NC3CCN(C(=O)C(C)N(C)C)CC3)nc1-2. The molecule has 1 saturated heterocycles. The summed E-state index contributed by atoms with van der Waals surface area (Å²) in [6.07, 6.45) is 6.72. The van der Waals surface area contributed by atoms with Crippen LogP contribution in [0.2, 0.25) is 0 Å². The van der Waals surface area contributed by atoms with E-state index in [1.54, 1.807) is 4.68 Å². The molecule has 10 nitrogen and oxygen atoms in total. The first-order valence-corrected chi connectivity index (χ1v) is 14.8. The zero-order valence-corrected chi connectivity index (χ0v) is 25.1. The van der Waals surface area contributed by atoms with Crippen LogP contribution in [0.3, 0.4) is 0 Å². The Hall–Kier alpha value is -3.79. The Labute approximate surface area is 242 Å². The van der Waals surface area contributed by atoms with E-state index < -0.39 is 0 Å². The summed E-state index contributed by atoms with van der Waals surface area (Å²) in [4.78, 5) is 39.7. The Morgan fingerprint density at radius 3 is 2.41 bits per heavy atom. The summed E-state index contributed by atoms with van der Waals surface area (Å²) >= 11 is 0. The molecule has 2 amide bonds. The van der Waals surface area contributed by atoms with E-state index in [1.165, 1.54) is 0 Å². The van der Waals surface area contributed by atoms with Gasteiger partial charge in [-0.05, 0) is 76.2 Å². The molecule has 218 valence electrons. The number of fused-ring (bicyclic) bond motifs is 3. The van der Waals surface area contributed by atoms with Crippen LogP contribution in [0.25, 0.3) is 11.4 Å². The van der Waals surface area contributed by atoms with Gasteiger partial charge in [-0.3, -0.25) is 19.2 Å². The number of nitrogens with zero attached hydrogens (tertiary/aromatic N) is 6. The molecule has 1 aromatic carbocycles. The van der Waals surface area contributed by atoms with E-state index in [9.17, 15) is 9.59 Å². The normalized spacial score (nSPS) is 15.8. The second-order valence-corrected chi connectivity index (χ2v) is 11.4. The number of nitrogens with one attached hydrogen (secondary N) is 2. The van der Waals surface area contributed by atoms with Gasteiger partial charge >= 0.3 is 0 Å². The van der Waals surface area contributed by atoms with Crippen molar-refractivity contribution in [3.8, 4) is 11.4 Å². The highest BCUT2D eigenvalue weighted by molar-refractivity contribution is 6.06. The zero-order valence-electron chi connectivity index (χ0n) is 25.1. The number of piperidine rings is 1. The molecule has 0 radical (unpaired) electrons. The van der Waals surface area contributed by atoms with Crippen LogP contribution < -0.4 is 10.6 Å². The minimum absolute atomic E-state index is 0.126. The Morgan fingerprint density at radius 1 is 1.10 bits per heavy atom. The average molecular weight is 559 g/mol. The number of aryl methyl sites for hydroxylation is 4. The van der Waals surface area contributed by atoms with E-state index in [1.807, 2.05) is 50.1 Å². The first-order chi connectivity index (χ1) is 19.7. The van der Waals surface area contributed by atoms with E-state index >= 15 is 0 Å². The largest absolute Gasteiger partial charge is 0.351 e. The smallest absolute Gasteiger partial charge is 0.276 e. The van der Waals surface area contributed by atoms with Crippen molar-refractivity contribution in [2.24, 2.45) is 7.05 Å². The fourth-order valence-electron chi connectivity index (χ4n) is 5.89. The van der Waals surface area contributed by atoms with Crippen LogP contribution in [-0.2, 0) is 37.5 Å². The summed E-state index contributed by atoms with van der Waals surface area (Å²) in [5.74, 6) is 0.559. The van der Waals surface area contributed by atoms with Gasteiger partial charge in [-0.1, -0.05) is 32.0 Å². The minimum Gasteiger partial charge on any atom is -0.351 e. The minimum atomic E-state index is -0.182. The van der Waals surface area contributed by atoms with Crippen LogP contribution in [0.1, 0.15) is 66.4 Å². The molecule has 2 aliphatic rings. The molecule has 10 heteroatoms. The third-order valence-electron chi connectivity index (χ3n) is 8.60. The number of anilines is 2. The highest BCUT2D eigenvalue weighted by atomic mass is 16.2. The highest BCUT2D eigenvalue weighted by Gasteiger charge is 2.31. The summed E-state index contributed by atoms with van der Waals surface area (Å²) in [5.41, 5.74) is 7.29. The molecule has 1 aliphatic carbocycles. The van der Waals surface area contributed by atoms with E-state index in [0.717, 1.165) is 71.4 Å². The number of hydrogen-bond donors (Lipinski definition) is 2. The fourth-order valence-corrected chi connectivity index (χ4v) is 5.89. The fraction of sp³-hybridized carbons (Fsp3) is 0.516. The Morgan fingerprint density at radius 2 is 1.78 bits per heavy atom. The van der Waals surface area contributed by atoms with Crippen molar-refractivity contribution < 1.29 is 9.59 Å². The molecule has 2 N–H and O–H groups in total. The van der Waals surface area contributed by atoms with Gasteiger partial charge in [0.05, 0.1) is 17.4 Å². The number of aromatic nitrogens is 4. The highest BCUT2D eigenvalue weighted by Crippen LogP contribution is 2.35. The monoisotopic (exact) mass is 558 g/mol. The number of likely N-dealkylation sites (N-methyl/N-ethyl adjacent to an activating group) is 1. The molecule has 3 aromatic rings. The van der Waals surface area contributed by atoms with Crippen LogP contribution >= 0.6 is 0 Å². The van der Waals surface area contributed by atoms with E-state index in [0.29, 0.717) is 31.2 Å². The first-order valence-electron chi connectivity index (χ1n) is 14.8.